The van der Waals surface area contributed by atoms with Crippen molar-refractivity contribution in [2.45, 2.75) is 39.2 Å². The van der Waals surface area contributed by atoms with Gasteiger partial charge in [-0.15, -0.1) is 0 Å². The summed E-state index contributed by atoms with van der Waals surface area (Å²) in [6.07, 6.45) is 6.48. The van der Waals surface area contributed by atoms with Crippen molar-refractivity contribution in [3.63, 3.8) is 0 Å². The Bertz CT molecular complexity index is 742. The molecule has 0 unspecified atom stereocenters. The van der Waals surface area contributed by atoms with Crippen molar-refractivity contribution >= 4 is 23.6 Å². The zero-order valence-electron chi connectivity index (χ0n) is 15.3. The number of hydrazine groups is 1. The van der Waals surface area contributed by atoms with E-state index in [9.17, 15) is 19.2 Å². The minimum Gasteiger partial charge on any atom is -0.459 e. The van der Waals surface area contributed by atoms with Gasteiger partial charge in [0.1, 0.15) is 6.04 Å². The molecule has 8 nitrogen and oxygen atoms in total. The number of likely N-dealkylation sites (tertiary alicyclic amines) is 1. The number of fused-ring (bicyclic) bond motifs is 1. The van der Waals surface area contributed by atoms with Crippen molar-refractivity contribution < 1.29 is 23.6 Å². The topological polar surface area (TPSA) is 109 Å². The van der Waals surface area contributed by atoms with Gasteiger partial charge in [0.05, 0.1) is 18.1 Å². The highest BCUT2D eigenvalue weighted by molar-refractivity contribution is 6.08. The Balaban J connectivity index is 1.73. The molecule has 1 aromatic heterocycles. The third-order valence-corrected chi connectivity index (χ3v) is 4.89. The molecule has 27 heavy (non-hydrogen) atoms. The Labute approximate surface area is 156 Å². The Morgan fingerprint density at radius 2 is 1.78 bits per heavy atom. The quantitative estimate of drug-likeness (QED) is 0.461. The number of rotatable bonds is 5. The molecular formula is C19H23N3O5. The normalized spacial score (nSPS) is 22.7. The first-order valence-electron chi connectivity index (χ1n) is 9.05. The molecule has 0 saturated carbocycles. The number of carbonyl (C=O) groups is 4. The van der Waals surface area contributed by atoms with Gasteiger partial charge in [-0.3, -0.25) is 34.9 Å². The molecule has 0 bridgehead atoms. The number of nitrogens with one attached hydrogen (secondary N) is 2. The van der Waals surface area contributed by atoms with Crippen LogP contribution in [-0.2, 0) is 14.4 Å². The fraction of sp³-hybridized carbons (Fsp3) is 0.474. The van der Waals surface area contributed by atoms with E-state index in [1.807, 2.05) is 26.0 Å². The van der Waals surface area contributed by atoms with Crippen LogP contribution in [0.4, 0.5) is 0 Å². The third kappa shape index (κ3) is 3.79. The third-order valence-electron chi connectivity index (χ3n) is 4.89. The van der Waals surface area contributed by atoms with Gasteiger partial charge < -0.3 is 4.42 Å². The molecule has 144 valence electrons. The lowest BCUT2D eigenvalue weighted by Crippen LogP contribution is -2.54. The van der Waals surface area contributed by atoms with E-state index in [2.05, 4.69) is 10.9 Å². The number of hydrogen-bond acceptors (Lipinski definition) is 5. The average molecular weight is 373 g/mol. The molecule has 1 aliphatic carbocycles. The van der Waals surface area contributed by atoms with Crippen LogP contribution >= 0.6 is 0 Å². The Morgan fingerprint density at radius 3 is 2.30 bits per heavy atom. The fourth-order valence-corrected chi connectivity index (χ4v) is 3.58. The van der Waals surface area contributed by atoms with Gasteiger partial charge in [0.15, 0.2) is 5.76 Å². The van der Waals surface area contributed by atoms with Crippen molar-refractivity contribution in [1.82, 2.24) is 15.8 Å². The SMILES string of the molecule is CC(C)C[C@H](C(=O)NNC(=O)c1ccco1)N1C(=O)[C@H]2CC=CC[C@@H]2C1=O. The first kappa shape index (κ1) is 18.9. The molecule has 4 amide bonds. The van der Waals surface area contributed by atoms with Crippen molar-refractivity contribution in [1.29, 1.82) is 0 Å². The summed E-state index contributed by atoms with van der Waals surface area (Å²) >= 11 is 0. The number of hydrogen-bond donors (Lipinski definition) is 2. The van der Waals surface area contributed by atoms with Crippen LogP contribution < -0.4 is 10.9 Å². The molecular weight excluding hydrogens is 350 g/mol. The summed E-state index contributed by atoms with van der Waals surface area (Å²) in [7, 11) is 0. The lowest BCUT2D eigenvalue weighted by atomic mass is 9.85. The van der Waals surface area contributed by atoms with Gasteiger partial charge in [-0.1, -0.05) is 26.0 Å². The summed E-state index contributed by atoms with van der Waals surface area (Å²) < 4.78 is 4.96. The maximum absolute atomic E-state index is 12.8. The summed E-state index contributed by atoms with van der Waals surface area (Å²) in [5.41, 5.74) is 4.58. The van der Waals surface area contributed by atoms with E-state index in [0.717, 1.165) is 4.90 Å². The predicted octanol–water partition coefficient (Wildman–Crippen LogP) is 1.41. The number of imide groups is 1. The molecule has 2 aliphatic rings. The van der Waals surface area contributed by atoms with Crippen LogP contribution in [0.15, 0.2) is 35.0 Å². The molecule has 1 aromatic rings. The van der Waals surface area contributed by atoms with E-state index >= 15 is 0 Å². The van der Waals surface area contributed by atoms with Crippen LogP contribution in [0.2, 0.25) is 0 Å². The van der Waals surface area contributed by atoms with Crippen molar-refractivity contribution in [2.75, 3.05) is 0 Å². The van der Waals surface area contributed by atoms with E-state index in [1.54, 1.807) is 6.07 Å². The largest absolute Gasteiger partial charge is 0.459 e. The highest BCUT2D eigenvalue weighted by Gasteiger charge is 2.51. The van der Waals surface area contributed by atoms with Crippen LogP contribution in [0.25, 0.3) is 0 Å². The number of carbonyl (C=O) groups excluding carboxylic acids is 4. The molecule has 8 heteroatoms. The number of amides is 4. The van der Waals surface area contributed by atoms with E-state index in [0.29, 0.717) is 19.3 Å². The summed E-state index contributed by atoms with van der Waals surface area (Å²) in [6.45, 7) is 3.81. The predicted molar refractivity (Wildman–Crippen MR) is 94.8 cm³/mol. The lowest BCUT2D eigenvalue weighted by Gasteiger charge is -2.27. The minimum atomic E-state index is -0.965. The number of furan rings is 1. The van der Waals surface area contributed by atoms with Crippen molar-refractivity contribution in [3.05, 3.63) is 36.3 Å². The summed E-state index contributed by atoms with van der Waals surface area (Å²) in [4.78, 5) is 51.3. The zero-order chi connectivity index (χ0) is 19.6. The van der Waals surface area contributed by atoms with Gasteiger partial charge in [0, 0.05) is 0 Å². The first-order valence-corrected chi connectivity index (χ1v) is 9.05. The molecule has 3 rings (SSSR count). The van der Waals surface area contributed by atoms with Gasteiger partial charge >= 0.3 is 5.91 Å². The van der Waals surface area contributed by atoms with E-state index in [1.165, 1.54) is 12.3 Å². The molecule has 2 N–H and O–H groups in total. The fourth-order valence-electron chi connectivity index (χ4n) is 3.58. The smallest absolute Gasteiger partial charge is 0.305 e. The molecule has 0 radical (unpaired) electrons. The standard InChI is InChI=1S/C19H23N3O5/c1-11(2)10-14(16(23)20-21-17(24)15-8-5-9-27-15)22-18(25)12-6-3-4-7-13(12)19(22)26/h3-5,8-9,11-14H,6-7,10H2,1-2H3,(H,20,23)(H,21,24)/t12-,13-,14+/m0/s1. The van der Waals surface area contributed by atoms with Gasteiger partial charge in [0.25, 0.3) is 5.91 Å². The van der Waals surface area contributed by atoms with Gasteiger partial charge in [-0.05, 0) is 37.3 Å². The Morgan fingerprint density at radius 1 is 1.15 bits per heavy atom. The van der Waals surface area contributed by atoms with E-state index < -0.39 is 29.7 Å². The Hall–Kier alpha value is -2.90. The second kappa shape index (κ2) is 7.77. The van der Waals surface area contributed by atoms with Gasteiger partial charge in [-0.2, -0.15) is 0 Å². The van der Waals surface area contributed by atoms with Gasteiger partial charge in [0.2, 0.25) is 11.8 Å². The lowest BCUT2D eigenvalue weighted by molar-refractivity contribution is -0.148. The minimum absolute atomic E-state index is 0.0427. The van der Waals surface area contributed by atoms with Crippen LogP contribution in [0, 0.1) is 17.8 Å². The highest BCUT2D eigenvalue weighted by atomic mass is 16.3. The van der Waals surface area contributed by atoms with E-state index in [4.69, 9.17) is 4.42 Å². The summed E-state index contributed by atoms with van der Waals surface area (Å²) in [6, 6.07) is 2.04. The van der Waals surface area contributed by atoms with Crippen molar-refractivity contribution in [3.8, 4) is 0 Å². The molecule has 0 aromatic carbocycles. The van der Waals surface area contributed by atoms with Crippen LogP contribution in [-0.4, -0.2) is 34.6 Å². The molecule has 1 saturated heterocycles. The summed E-state index contributed by atoms with van der Waals surface area (Å²) in [5.74, 6) is -2.53. The maximum atomic E-state index is 12.8. The molecule has 2 heterocycles. The zero-order valence-corrected chi connectivity index (χ0v) is 15.3. The van der Waals surface area contributed by atoms with E-state index in [-0.39, 0.29) is 23.5 Å². The maximum Gasteiger partial charge on any atom is 0.305 e. The number of allylic oxidation sites excluding steroid dienone is 2. The van der Waals surface area contributed by atoms with Crippen LogP contribution in [0.5, 0.6) is 0 Å². The van der Waals surface area contributed by atoms with Gasteiger partial charge in [-0.25, -0.2) is 0 Å². The second-order valence-corrected chi connectivity index (χ2v) is 7.27. The van der Waals surface area contributed by atoms with Crippen LogP contribution in [0.3, 0.4) is 0 Å². The molecule has 0 spiro atoms. The monoisotopic (exact) mass is 373 g/mol. The first-order chi connectivity index (χ1) is 12.9. The van der Waals surface area contributed by atoms with Crippen molar-refractivity contribution in [2.24, 2.45) is 17.8 Å². The molecule has 1 aliphatic heterocycles. The molecule has 1 fully saturated rings. The second-order valence-electron chi connectivity index (χ2n) is 7.27. The number of nitrogens with zero attached hydrogens (tertiary/aromatic N) is 1. The Kier molecular flexibility index (Phi) is 5.43. The summed E-state index contributed by atoms with van der Waals surface area (Å²) in [5, 5.41) is 0. The molecule has 3 atom stereocenters. The highest BCUT2D eigenvalue weighted by Crippen LogP contribution is 2.37. The van der Waals surface area contributed by atoms with Crippen LogP contribution in [0.1, 0.15) is 43.7 Å². The average Bonchev–Trinajstić information content (AvgIpc) is 3.26.